The molecule has 0 radical (unpaired) electrons. The first-order chi connectivity index (χ1) is 12.8. The minimum absolute atomic E-state index is 0. The first-order valence-electron chi connectivity index (χ1n) is 9.83. The van der Waals surface area contributed by atoms with Crippen molar-refractivity contribution < 1.29 is 296 Å². The molecule has 1 aromatic carbocycles. The molecule has 0 bridgehead atoms. The summed E-state index contributed by atoms with van der Waals surface area (Å²) < 4.78 is 1.64. The average molecular weight is 1120 g/mol. The maximum atomic E-state index is 11.5. The van der Waals surface area contributed by atoms with Gasteiger partial charge in [-0.05, 0) is 48.3 Å². The van der Waals surface area contributed by atoms with Crippen LogP contribution in [0.15, 0.2) is 35.7 Å². The first-order valence-corrected chi connectivity index (χ1v) is 78.6. The predicted octanol–water partition coefficient (Wildman–Crippen LogP) is -13.3. The zero-order chi connectivity index (χ0) is 20.7. The summed E-state index contributed by atoms with van der Waals surface area (Å²) in [6, 6.07) is 7.85. The van der Waals surface area contributed by atoms with Gasteiger partial charge in [0.25, 0.3) is 0 Å². The molecule has 1 heterocycles. The molecule has 0 aliphatic heterocycles. The van der Waals surface area contributed by atoms with Crippen LogP contribution in [0.5, 0.6) is 0 Å². The van der Waals surface area contributed by atoms with Gasteiger partial charge in [0.2, 0.25) is 0 Å². The topological polar surface area (TPSA) is 50.9 Å². The second kappa shape index (κ2) is 33.2. The molecule has 2 unspecified atom stereocenters. The van der Waals surface area contributed by atoms with Crippen LogP contribution in [0.25, 0.3) is 0 Å². The van der Waals surface area contributed by atoms with E-state index in [-0.39, 0.29) is 302 Å². The van der Waals surface area contributed by atoms with Crippen LogP contribution in [0, 0.1) is 11.3 Å². The zero-order valence-electron chi connectivity index (χ0n) is 22.4. The molecule has 1 aromatic heterocycles. The van der Waals surface area contributed by atoms with Gasteiger partial charge in [0, 0.05) is 10.2 Å². The first kappa shape index (κ1) is 56.5. The molecule has 0 saturated heterocycles. The number of hydrogen-bond acceptors (Lipinski definition) is 4. The van der Waals surface area contributed by atoms with Crippen molar-refractivity contribution in [3.8, 4) is 0 Å². The third-order valence-electron chi connectivity index (χ3n) is 5.33. The Labute approximate surface area is 547 Å². The number of rotatable bonds is 4. The molecule has 128 valence electrons. The Hall–Kier alpha value is 15.1. The van der Waals surface area contributed by atoms with Gasteiger partial charge in [0.15, 0.2) is 0 Å². The quantitative estimate of drug-likeness (QED) is 0.310. The van der Waals surface area contributed by atoms with Crippen LogP contribution >= 0.6 is 11.6 Å². The van der Waals surface area contributed by atoms with E-state index in [0.29, 0.717) is 11.7 Å². The fourth-order valence-electron chi connectivity index (χ4n) is 3.65. The van der Waals surface area contributed by atoms with Crippen molar-refractivity contribution in [3.05, 3.63) is 41.2 Å². The van der Waals surface area contributed by atoms with Crippen LogP contribution in [-0.2, 0) is 25.6 Å². The molecule has 15 heteroatoms. The van der Waals surface area contributed by atoms with E-state index in [2.05, 4.69) is 23.9 Å². The molecule has 32 heavy (non-hydrogen) atoms. The maximum absolute atomic E-state index is 11.5. The summed E-state index contributed by atoms with van der Waals surface area (Å²) in [7, 11) is 0. The third-order valence-corrected chi connectivity index (χ3v) is 5.90. The van der Waals surface area contributed by atoms with Crippen LogP contribution in [0.4, 0.5) is 0 Å². The number of benzene rings is 1. The Morgan fingerprint density at radius 1 is 1.06 bits per heavy atom. The number of aromatic nitrogens is 3. The van der Waals surface area contributed by atoms with Crippen molar-refractivity contribution in [2.45, 2.75) is 50.4 Å². The van der Waals surface area contributed by atoms with Gasteiger partial charge in [0.1, 0.15) is 6.33 Å². The standard InChI is InChI=1S/C17H22ClN3OS.9Rb/c1-16(2)8-7-13(9-12-3-5-14(18)6-4-12)17(16,22)10-21-15(23)19-11-20-21;;;;;;;;;/h3-6,11,13,22H,7-10H2,1-2H3,(H,19,20,23);;;;;;;;;/q;;;;;5*+1/p-1. The molecular formula is C17H21ClN3ORb9S+4. The van der Waals surface area contributed by atoms with Gasteiger partial charge in [-0.1, -0.05) is 37.6 Å². The SMILES string of the molecule is CC1(C)CCC(Cc2ccc(Cl)cc2)C1(O)Cn1ncnc1[S-].[Rb+].[Rb+].[Rb+].[Rb+].[Rb+].[Rb][Rb].[Rb][Rb]. The molecule has 2 aromatic rings. The van der Waals surface area contributed by atoms with Crippen LogP contribution < -0.4 is 291 Å². The van der Waals surface area contributed by atoms with Crippen molar-refractivity contribution in [1.29, 1.82) is 0 Å². The number of aliphatic hydroxyl groups is 1. The van der Waals surface area contributed by atoms with E-state index in [0.717, 1.165) is 160 Å². The van der Waals surface area contributed by atoms with E-state index in [4.69, 9.17) is 24.2 Å². The van der Waals surface area contributed by atoms with Gasteiger partial charge >= 0.3 is 426 Å². The molecule has 1 saturated carbocycles. The Kier molecular flexibility index (Phi) is 58.6. The van der Waals surface area contributed by atoms with Crippen molar-refractivity contribution in [1.82, 2.24) is 14.8 Å². The fourth-order valence-corrected chi connectivity index (χ4v) is 3.94. The van der Waals surface area contributed by atoms with Gasteiger partial charge in [-0.3, -0.25) is 4.68 Å². The molecule has 3 rings (SSSR count). The summed E-state index contributed by atoms with van der Waals surface area (Å²) in [6.45, 7) is 4.63. The summed E-state index contributed by atoms with van der Waals surface area (Å²) in [5, 5.41) is 16.9. The summed E-state index contributed by atoms with van der Waals surface area (Å²) in [4.78, 5) is 4.00. The fraction of sp³-hybridized carbons (Fsp3) is 0.529. The Morgan fingerprint density at radius 3 is 2.00 bits per heavy atom. The molecular weight excluding hydrogens is 1100 g/mol. The minimum atomic E-state index is -0.867. The third kappa shape index (κ3) is 20.7. The summed E-state index contributed by atoms with van der Waals surface area (Å²) >= 11 is 15.8. The van der Waals surface area contributed by atoms with E-state index in [1.807, 2.05) is 24.3 Å². The van der Waals surface area contributed by atoms with Crippen LogP contribution in [0.3, 0.4) is 0 Å². The van der Waals surface area contributed by atoms with Crippen LogP contribution in [0.1, 0.15) is 32.3 Å². The molecule has 1 fully saturated rings. The second-order valence-electron chi connectivity index (χ2n) is 7.07. The molecule has 1 N–H and O–H groups in total. The predicted molar refractivity (Wildman–Crippen MR) is 115 cm³/mol. The van der Waals surface area contributed by atoms with E-state index in [1.165, 1.54) is 11.9 Å². The molecule has 0 amide bonds. The van der Waals surface area contributed by atoms with Gasteiger partial charge in [0.05, 0.1) is 12.1 Å². The molecule has 4 nitrogen and oxygen atoms in total. The Bertz CT molecular complexity index is 713. The van der Waals surface area contributed by atoms with E-state index in [1.54, 1.807) is 4.68 Å². The van der Waals surface area contributed by atoms with Gasteiger partial charge in [-0.25, -0.2) is 4.98 Å². The zero-order valence-corrected chi connectivity index (χ0v) is 68.2. The monoisotopic (exact) mass is 1110 g/mol. The molecule has 0 spiro atoms. The van der Waals surface area contributed by atoms with Crippen molar-refractivity contribution in [3.63, 3.8) is 0 Å². The summed E-state index contributed by atoms with van der Waals surface area (Å²) in [5.41, 5.74) is 0.124. The number of nitrogens with zero attached hydrogens (tertiary/aromatic N) is 3. The average Bonchev–Trinajstić information content (AvgIpc) is 3.16. The van der Waals surface area contributed by atoms with Crippen LogP contribution in [0.2, 0.25) is 5.02 Å². The van der Waals surface area contributed by atoms with Crippen molar-refractivity contribution in [2.24, 2.45) is 11.3 Å². The van der Waals surface area contributed by atoms with Gasteiger partial charge in [-0.2, -0.15) is 5.10 Å². The van der Waals surface area contributed by atoms with E-state index >= 15 is 0 Å². The molecule has 2 atom stereocenters. The molecule has 1 aliphatic carbocycles. The number of hydrogen-bond donors (Lipinski definition) is 1. The van der Waals surface area contributed by atoms with Crippen molar-refractivity contribution in [2.75, 3.05) is 0 Å². The summed E-state index contributed by atoms with van der Waals surface area (Å²) in [5.74, 6) is 0.150. The second-order valence-corrected chi connectivity index (χ2v) is 7.88. The van der Waals surface area contributed by atoms with Crippen LogP contribution in [-0.4, -0.2) is 161 Å². The Morgan fingerprint density at radius 2 is 1.56 bits per heavy atom. The summed E-state index contributed by atoms with van der Waals surface area (Å²) in [6.07, 6.45) is 4.22. The normalized spacial score (nSPS) is 19.6. The van der Waals surface area contributed by atoms with E-state index in [9.17, 15) is 5.11 Å². The van der Waals surface area contributed by atoms with Crippen molar-refractivity contribution >= 4 is 160 Å². The number of halogens is 1. The Balaban J connectivity index is -0.000000256. The van der Waals surface area contributed by atoms with Gasteiger partial charge < -0.3 is 17.7 Å². The molecule has 1 aliphatic rings. The van der Waals surface area contributed by atoms with Gasteiger partial charge in [-0.15, -0.1) is 0 Å². The van der Waals surface area contributed by atoms with E-state index < -0.39 is 5.60 Å².